The Morgan fingerprint density at radius 2 is 2.36 bits per heavy atom. The number of aromatic amines is 1. The predicted octanol–water partition coefficient (Wildman–Crippen LogP) is -1.23. The van der Waals surface area contributed by atoms with Gasteiger partial charge in [-0.05, 0) is 0 Å². The van der Waals surface area contributed by atoms with Crippen molar-refractivity contribution in [3.63, 3.8) is 0 Å². The van der Waals surface area contributed by atoms with Crippen LogP contribution in [-0.2, 0) is 0 Å². The third-order valence-electron chi connectivity index (χ3n) is 1.57. The molecule has 0 aromatic carbocycles. The van der Waals surface area contributed by atoms with Gasteiger partial charge >= 0.3 is 0 Å². The highest BCUT2D eigenvalue weighted by atomic mass is 16.3. The molecule has 1 rings (SSSR count). The van der Waals surface area contributed by atoms with Gasteiger partial charge in [-0.1, -0.05) is 0 Å². The van der Waals surface area contributed by atoms with Crippen molar-refractivity contribution in [1.29, 1.82) is 0 Å². The highest BCUT2D eigenvalue weighted by molar-refractivity contribution is 5.92. The summed E-state index contributed by atoms with van der Waals surface area (Å²) in [6.07, 6.45) is 1.07. The summed E-state index contributed by atoms with van der Waals surface area (Å²) in [5, 5.41) is 11.4. The summed E-state index contributed by atoms with van der Waals surface area (Å²) < 4.78 is 0. The van der Waals surface area contributed by atoms with E-state index in [0.29, 0.717) is 13.1 Å². The molecule has 0 spiro atoms. The number of rotatable bonds is 3. The molecule has 0 unspecified atom stereocenters. The van der Waals surface area contributed by atoms with Crippen LogP contribution < -0.4 is 16.5 Å². The first-order valence-electron chi connectivity index (χ1n) is 4.05. The maximum Gasteiger partial charge on any atom is 0.267 e. The number of aromatic hydroxyl groups is 1. The maximum atomic E-state index is 11.2. The molecule has 1 aromatic heterocycles. The Balaban J connectivity index is 2.81. The van der Waals surface area contributed by atoms with Gasteiger partial charge in [-0.15, -0.1) is 0 Å². The molecule has 0 radical (unpaired) electrons. The number of hydrogen-bond donors (Lipinski definition) is 4. The molecule has 0 atom stereocenters. The molecular formula is C8H11N3O3. The molecule has 0 saturated carbocycles. The van der Waals surface area contributed by atoms with Crippen molar-refractivity contribution in [2.24, 2.45) is 5.73 Å². The van der Waals surface area contributed by atoms with E-state index in [9.17, 15) is 9.59 Å². The van der Waals surface area contributed by atoms with Crippen molar-refractivity contribution in [3.05, 3.63) is 28.2 Å². The number of aromatic nitrogens is 1. The van der Waals surface area contributed by atoms with Crippen molar-refractivity contribution in [2.45, 2.75) is 0 Å². The van der Waals surface area contributed by atoms with Gasteiger partial charge in [0.25, 0.3) is 5.91 Å². The molecular weight excluding hydrogens is 186 g/mol. The zero-order valence-corrected chi connectivity index (χ0v) is 7.41. The summed E-state index contributed by atoms with van der Waals surface area (Å²) in [6, 6.07) is 1.03. The number of pyridine rings is 1. The van der Waals surface area contributed by atoms with Crippen LogP contribution >= 0.6 is 0 Å². The first kappa shape index (κ1) is 10.3. The average molecular weight is 197 g/mol. The Morgan fingerprint density at radius 1 is 1.64 bits per heavy atom. The number of carbonyl (C=O) groups excluding carboxylic acids is 1. The molecule has 76 valence electrons. The lowest BCUT2D eigenvalue weighted by Gasteiger charge is -2.02. The fourth-order valence-electron chi connectivity index (χ4n) is 0.876. The van der Waals surface area contributed by atoms with E-state index in [1.54, 1.807) is 0 Å². The van der Waals surface area contributed by atoms with Crippen molar-refractivity contribution in [3.8, 4) is 5.75 Å². The van der Waals surface area contributed by atoms with Gasteiger partial charge in [-0.3, -0.25) is 9.59 Å². The molecule has 1 aromatic rings. The van der Waals surface area contributed by atoms with Gasteiger partial charge in [0.05, 0.1) is 0 Å². The Kier molecular flexibility index (Phi) is 3.24. The Labute approximate surface area is 79.8 Å². The monoisotopic (exact) mass is 197 g/mol. The first-order valence-corrected chi connectivity index (χ1v) is 4.05. The summed E-state index contributed by atoms with van der Waals surface area (Å²) in [7, 11) is 0. The third kappa shape index (κ3) is 2.33. The molecule has 0 fully saturated rings. The van der Waals surface area contributed by atoms with Gasteiger partial charge in [0.15, 0.2) is 5.75 Å². The molecule has 5 N–H and O–H groups in total. The van der Waals surface area contributed by atoms with E-state index in [-0.39, 0.29) is 5.69 Å². The first-order chi connectivity index (χ1) is 6.65. The van der Waals surface area contributed by atoms with E-state index < -0.39 is 17.1 Å². The van der Waals surface area contributed by atoms with Gasteiger partial charge in [-0.2, -0.15) is 0 Å². The second-order valence-corrected chi connectivity index (χ2v) is 2.64. The van der Waals surface area contributed by atoms with Gasteiger partial charge in [0.2, 0.25) is 5.43 Å². The van der Waals surface area contributed by atoms with Crippen LogP contribution in [-0.4, -0.2) is 29.1 Å². The Morgan fingerprint density at radius 3 is 2.93 bits per heavy atom. The zero-order chi connectivity index (χ0) is 10.6. The van der Waals surface area contributed by atoms with Crippen molar-refractivity contribution < 1.29 is 9.90 Å². The van der Waals surface area contributed by atoms with Crippen LogP contribution in [0.25, 0.3) is 0 Å². The van der Waals surface area contributed by atoms with Gasteiger partial charge in [-0.25, -0.2) is 0 Å². The van der Waals surface area contributed by atoms with Crippen LogP contribution in [0.5, 0.6) is 5.75 Å². The second kappa shape index (κ2) is 4.43. The van der Waals surface area contributed by atoms with Crippen LogP contribution in [0.2, 0.25) is 0 Å². The fraction of sp³-hybridized carbons (Fsp3) is 0.250. The molecule has 0 saturated heterocycles. The van der Waals surface area contributed by atoms with Crippen LogP contribution in [0, 0.1) is 0 Å². The van der Waals surface area contributed by atoms with E-state index in [4.69, 9.17) is 10.8 Å². The van der Waals surface area contributed by atoms with Crippen LogP contribution in [0.3, 0.4) is 0 Å². The molecule has 0 aliphatic heterocycles. The Hall–Kier alpha value is -1.82. The molecule has 14 heavy (non-hydrogen) atoms. The topological polar surface area (TPSA) is 108 Å². The standard InChI is InChI=1S/C8H11N3O3/c9-1-2-10-8(14)5-3-6(12)7(13)4-11-5/h3-4,13H,1-2,9H2,(H,10,14)(H,11,12). The number of H-pyrrole nitrogens is 1. The zero-order valence-electron chi connectivity index (χ0n) is 7.41. The molecule has 6 heteroatoms. The normalized spacial score (nSPS) is 9.79. The summed E-state index contributed by atoms with van der Waals surface area (Å²) in [6.45, 7) is 0.662. The lowest BCUT2D eigenvalue weighted by atomic mass is 10.3. The van der Waals surface area contributed by atoms with Crippen LogP contribution in [0.1, 0.15) is 10.5 Å². The molecule has 1 heterocycles. The molecule has 0 aliphatic carbocycles. The number of amides is 1. The van der Waals surface area contributed by atoms with Crippen molar-refractivity contribution in [1.82, 2.24) is 10.3 Å². The highest BCUT2D eigenvalue weighted by Crippen LogP contribution is 1.97. The summed E-state index contributed by atoms with van der Waals surface area (Å²) in [5.74, 6) is -0.840. The minimum Gasteiger partial charge on any atom is -0.503 e. The smallest absolute Gasteiger partial charge is 0.267 e. The molecule has 6 nitrogen and oxygen atoms in total. The van der Waals surface area contributed by atoms with E-state index in [1.165, 1.54) is 0 Å². The summed E-state index contributed by atoms with van der Waals surface area (Å²) >= 11 is 0. The molecule has 0 aliphatic rings. The maximum absolute atomic E-state index is 11.2. The van der Waals surface area contributed by atoms with E-state index in [1.807, 2.05) is 0 Å². The fourth-order valence-corrected chi connectivity index (χ4v) is 0.876. The van der Waals surface area contributed by atoms with Crippen molar-refractivity contribution in [2.75, 3.05) is 13.1 Å². The quantitative estimate of drug-likeness (QED) is 0.486. The average Bonchev–Trinajstić information content (AvgIpc) is 2.18. The van der Waals surface area contributed by atoms with E-state index in [0.717, 1.165) is 12.3 Å². The van der Waals surface area contributed by atoms with Crippen LogP contribution in [0.4, 0.5) is 0 Å². The molecule has 1 amide bonds. The summed E-state index contributed by atoms with van der Waals surface area (Å²) in [4.78, 5) is 24.7. The van der Waals surface area contributed by atoms with Crippen molar-refractivity contribution >= 4 is 5.91 Å². The Bertz CT molecular complexity index is 386. The second-order valence-electron chi connectivity index (χ2n) is 2.64. The predicted molar refractivity (Wildman–Crippen MR) is 50.1 cm³/mol. The number of carbonyl (C=O) groups is 1. The largest absolute Gasteiger partial charge is 0.503 e. The SMILES string of the molecule is NCCNC(=O)c1cc(=O)c(O)c[nH]1. The lowest BCUT2D eigenvalue weighted by Crippen LogP contribution is -2.30. The van der Waals surface area contributed by atoms with E-state index in [2.05, 4.69) is 10.3 Å². The summed E-state index contributed by atoms with van der Waals surface area (Å²) in [5.41, 5.74) is 4.68. The third-order valence-corrected chi connectivity index (χ3v) is 1.57. The minimum atomic E-state index is -0.596. The number of hydrogen-bond acceptors (Lipinski definition) is 4. The van der Waals surface area contributed by atoms with Crippen LogP contribution in [0.15, 0.2) is 17.1 Å². The van der Waals surface area contributed by atoms with Gasteiger partial charge in [0, 0.05) is 25.4 Å². The van der Waals surface area contributed by atoms with Gasteiger partial charge < -0.3 is 21.1 Å². The number of nitrogens with one attached hydrogen (secondary N) is 2. The van der Waals surface area contributed by atoms with E-state index >= 15 is 0 Å². The van der Waals surface area contributed by atoms with Gasteiger partial charge in [0.1, 0.15) is 5.69 Å². The lowest BCUT2D eigenvalue weighted by molar-refractivity contribution is 0.0949. The highest BCUT2D eigenvalue weighted by Gasteiger charge is 2.06. The minimum absolute atomic E-state index is 0.0984. The number of nitrogens with two attached hydrogens (primary N) is 1. The molecule has 0 bridgehead atoms.